The molecule has 34 heavy (non-hydrogen) atoms. The van der Waals surface area contributed by atoms with Gasteiger partial charge in [0.25, 0.3) is 5.91 Å². The minimum absolute atomic E-state index is 0.141. The first-order valence-electron chi connectivity index (χ1n) is 10.1. The fourth-order valence-corrected chi connectivity index (χ4v) is 4.04. The van der Waals surface area contributed by atoms with Crippen LogP contribution < -0.4 is 10.1 Å². The SMILES string of the molecule is COCCSCc1cc(C(=O)Nc2cnccc2-c2ccc(F)cc2OC)cc(C(F)(F)F)c1. The molecule has 0 aliphatic rings. The number of nitrogens with one attached hydrogen (secondary N) is 1. The van der Waals surface area contributed by atoms with Crippen molar-refractivity contribution in [1.82, 2.24) is 4.98 Å². The van der Waals surface area contributed by atoms with Crippen LogP contribution in [0.1, 0.15) is 21.5 Å². The minimum atomic E-state index is -4.61. The van der Waals surface area contributed by atoms with Crippen molar-refractivity contribution in [2.45, 2.75) is 11.9 Å². The second-order valence-electron chi connectivity index (χ2n) is 7.18. The number of methoxy groups -OCH3 is 2. The maximum absolute atomic E-state index is 13.6. The quantitative estimate of drug-likeness (QED) is 0.290. The van der Waals surface area contributed by atoms with Crippen LogP contribution in [0, 0.1) is 5.82 Å². The molecular weight excluding hydrogens is 472 g/mol. The molecule has 5 nitrogen and oxygen atoms in total. The summed E-state index contributed by atoms with van der Waals surface area (Å²) in [5, 5.41) is 2.63. The molecule has 0 radical (unpaired) electrons. The Hall–Kier alpha value is -3.11. The van der Waals surface area contributed by atoms with E-state index in [0.29, 0.717) is 34.8 Å². The van der Waals surface area contributed by atoms with Crippen molar-refractivity contribution in [1.29, 1.82) is 0 Å². The normalized spacial score (nSPS) is 11.4. The zero-order valence-corrected chi connectivity index (χ0v) is 19.2. The number of carbonyl (C=O) groups is 1. The van der Waals surface area contributed by atoms with Crippen LogP contribution in [0.15, 0.2) is 54.9 Å². The van der Waals surface area contributed by atoms with Gasteiger partial charge in [-0.3, -0.25) is 9.78 Å². The van der Waals surface area contributed by atoms with E-state index in [1.54, 1.807) is 13.2 Å². The van der Waals surface area contributed by atoms with Gasteiger partial charge in [0.05, 0.1) is 31.2 Å². The summed E-state index contributed by atoms with van der Waals surface area (Å²) in [6.07, 6.45) is -1.76. The van der Waals surface area contributed by atoms with E-state index in [4.69, 9.17) is 9.47 Å². The van der Waals surface area contributed by atoms with Crippen LogP contribution in [0.25, 0.3) is 11.1 Å². The highest BCUT2D eigenvalue weighted by atomic mass is 32.2. The number of alkyl halides is 3. The number of thioether (sulfide) groups is 1. The largest absolute Gasteiger partial charge is 0.496 e. The fourth-order valence-electron chi connectivity index (χ4n) is 3.21. The summed E-state index contributed by atoms with van der Waals surface area (Å²) < 4.78 is 64.2. The van der Waals surface area contributed by atoms with E-state index < -0.39 is 23.5 Å². The van der Waals surface area contributed by atoms with Crippen LogP contribution >= 0.6 is 11.8 Å². The Morgan fingerprint density at radius 1 is 1.09 bits per heavy atom. The highest BCUT2D eigenvalue weighted by Crippen LogP contribution is 2.36. The molecule has 1 amide bonds. The number of amides is 1. The predicted molar refractivity (Wildman–Crippen MR) is 124 cm³/mol. The number of halogens is 4. The first kappa shape index (κ1) is 25.5. The third kappa shape index (κ3) is 6.48. The van der Waals surface area contributed by atoms with Gasteiger partial charge in [-0.15, -0.1) is 0 Å². The van der Waals surface area contributed by atoms with Crippen LogP contribution in [0.3, 0.4) is 0 Å². The molecule has 0 fully saturated rings. The van der Waals surface area contributed by atoms with Crippen molar-refractivity contribution < 1.29 is 31.8 Å². The van der Waals surface area contributed by atoms with Gasteiger partial charge >= 0.3 is 6.18 Å². The van der Waals surface area contributed by atoms with Crippen LogP contribution in [0.4, 0.5) is 23.2 Å². The molecule has 0 atom stereocenters. The van der Waals surface area contributed by atoms with Crippen LogP contribution in [0.2, 0.25) is 0 Å². The smallest absolute Gasteiger partial charge is 0.416 e. The zero-order valence-electron chi connectivity index (χ0n) is 18.4. The number of nitrogens with zero attached hydrogens (tertiary/aromatic N) is 1. The zero-order chi connectivity index (χ0) is 24.7. The summed E-state index contributed by atoms with van der Waals surface area (Å²) in [4.78, 5) is 17.0. The number of anilines is 1. The topological polar surface area (TPSA) is 60.5 Å². The summed E-state index contributed by atoms with van der Waals surface area (Å²) in [7, 11) is 2.92. The van der Waals surface area contributed by atoms with Crippen LogP contribution in [-0.2, 0) is 16.7 Å². The van der Waals surface area contributed by atoms with E-state index in [1.807, 2.05) is 0 Å². The van der Waals surface area contributed by atoms with Gasteiger partial charge in [-0.05, 0) is 42.0 Å². The van der Waals surface area contributed by atoms with E-state index in [0.717, 1.165) is 12.1 Å². The predicted octanol–water partition coefficient (Wildman–Crippen LogP) is 6.05. The van der Waals surface area contributed by atoms with Gasteiger partial charge in [-0.1, -0.05) is 0 Å². The van der Waals surface area contributed by atoms with Gasteiger partial charge in [0.1, 0.15) is 11.6 Å². The second-order valence-corrected chi connectivity index (χ2v) is 8.29. The highest BCUT2D eigenvalue weighted by Gasteiger charge is 2.32. The first-order chi connectivity index (χ1) is 16.2. The third-order valence-electron chi connectivity index (χ3n) is 4.81. The number of aromatic nitrogens is 1. The van der Waals surface area contributed by atoms with Crippen molar-refractivity contribution in [2.24, 2.45) is 0 Å². The third-order valence-corrected chi connectivity index (χ3v) is 5.80. The van der Waals surface area contributed by atoms with E-state index in [-0.39, 0.29) is 17.0 Å². The maximum Gasteiger partial charge on any atom is 0.416 e. The molecule has 3 rings (SSSR count). The standard InChI is InChI=1S/C24H22F4N2O3S/c1-32-7-8-34-14-15-9-16(11-17(10-15)24(26,27)28)23(31)30-21-13-29-6-5-19(21)20-4-3-18(25)12-22(20)33-2/h3-6,9-13H,7-8,14H2,1-2H3,(H,30,31). The molecule has 3 aromatic rings. The van der Waals surface area contributed by atoms with Crippen molar-refractivity contribution in [2.75, 3.05) is 31.9 Å². The lowest BCUT2D eigenvalue weighted by molar-refractivity contribution is -0.137. The number of carbonyl (C=O) groups excluding carboxylic acids is 1. The number of pyridine rings is 1. The maximum atomic E-state index is 13.6. The molecule has 1 N–H and O–H groups in total. The molecule has 0 aliphatic heterocycles. The monoisotopic (exact) mass is 494 g/mol. The molecule has 0 saturated heterocycles. The molecule has 0 spiro atoms. The summed E-state index contributed by atoms with van der Waals surface area (Å²) in [5.41, 5.74) is 0.522. The van der Waals surface area contributed by atoms with E-state index in [2.05, 4.69) is 10.3 Å². The number of benzene rings is 2. The van der Waals surface area contributed by atoms with Gasteiger partial charge in [0, 0.05) is 47.6 Å². The van der Waals surface area contributed by atoms with Crippen LogP contribution in [0.5, 0.6) is 5.75 Å². The molecule has 1 aromatic heterocycles. The van der Waals surface area contributed by atoms with Gasteiger partial charge < -0.3 is 14.8 Å². The molecule has 2 aromatic carbocycles. The lowest BCUT2D eigenvalue weighted by Gasteiger charge is -2.15. The van der Waals surface area contributed by atoms with Gasteiger partial charge in [-0.2, -0.15) is 24.9 Å². The van der Waals surface area contributed by atoms with Gasteiger partial charge in [0.15, 0.2) is 0 Å². The van der Waals surface area contributed by atoms with E-state index in [9.17, 15) is 22.4 Å². The molecule has 0 bridgehead atoms. The summed E-state index contributed by atoms with van der Waals surface area (Å²) in [6, 6.07) is 8.79. The van der Waals surface area contributed by atoms with Crippen molar-refractivity contribution in [3.05, 3.63) is 77.4 Å². The van der Waals surface area contributed by atoms with Gasteiger partial charge in [-0.25, -0.2) is 4.39 Å². The lowest BCUT2D eigenvalue weighted by atomic mass is 10.0. The van der Waals surface area contributed by atoms with E-state index >= 15 is 0 Å². The number of hydrogen-bond donors (Lipinski definition) is 1. The average Bonchev–Trinajstić information content (AvgIpc) is 2.81. The molecule has 0 unspecified atom stereocenters. The number of rotatable bonds is 9. The molecule has 0 aliphatic carbocycles. The Bertz CT molecular complexity index is 1160. The Balaban J connectivity index is 1.93. The van der Waals surface area contributed by atoms with Crippen molar-refractivity contribution in [3.63, 3.8) is 0 Å². The Morgan fingerprint density at radius 2 is 1.88 bits per heavy atom. The van der Waals surface area contributed by atoms with Crippen molar-refractivity contribution in [3.8, 4) is 16.9 Å². The molecule has 0 saturated carbocycles. The summed E-state index contributed by atoms with van der Waals surface area (Å²) in [5.74, 6) is -0.105. The molecular formula is C24H22F4N2O3S. The average molecular weight is 495 g/mol. The van der Waals surface area contributed by atoms with Crippen molar-refractivity contribution >= 4 is 23.4 Å². The molecule has 1 heterocycles. The number of hydrogen-bond acceptors (Lipinski definition) is 5. The van der Waals surface area contributed by atoms with Gasteiger partial charge in [0.2, 0.25) is 0 Å². The first-order valence-corrected chi connectivity index (χ1v) is 11.3. The second kappa shape index (κ2) is 11.3. The molecule has 10 heteroatoms. The Labute approximate surface area is 198 Å². The minimum Gasteiger partial charge on any atom is -0.496 e. The number of ether oxygens (including phenoxy) is 2. The van der Waals surface area contributed by atoms with Crippen LogP contribution in [-0.4, -0.2) is 37.5 Å². The Kier molecular flexibility index (Phi) is 8.51. The Morgan fingerprint density at radius 3 is 2.59 bits per heavy atom. The summed E-state index contributed by atoms with van der Waals surface area (Å²) in [6.45, 7) is 0.466. The summed E-state index contributed by atoms with van der Waals surface area (Å²) >= 11 is 1.40. The fraction of sp³-hybridized carbons (Fsp3) is 0.250. The van der Waals surface area contributed by atoms with E-state index in [1.165, 1.54) is 55.5 Å². The lowest BCUT2D eigenvalue weighted by Crippen LogP contribution is -2.15. The molecule has 180 valence electrons. The highest BCUT2D eigenvalue weighted by molar-refractivity contribution is 7.98.